The van der Waals surface area contributed by atoms with E-state index in [-0.39, 0.29) is 5.69 Å². The van der Waals surface area contributed by atoms with Crippen LogP contribution in [0.15, 0.2) is 79.1 Å². The van der Waals surface area contributed by atoms with Gasteiger partial charge in [-0.1, -0.05) is 30.3 Å². The summed E-state index contributed by atoms with van der Waals surface area (Å²) in [5.41, 5.74) is 5.59. The highest BCUT2D eigenvalue weighted by atomic mass is 16.4. The smallest absolute Gasteiger partial charge is 0.419 e. The Balaban J connectivity index is 0.000000244. The van der Waals surface area contributed by atoms with Gasteiger partial charge in [-0.25, -0.2) is 9.69 Å². The predicted octanol–water partition coefficient (Wildman–Crippen LogP) is 2.59. The number of anilines is 1. The Bertz CT molecular complexity index is 903. The fourth-order valence-electron chi connectivity index (χ4n) is 2.00. The molecule has 3 aromatic rings. The van der Waals surface area contributed by atoms with Crippen molar-refractivity contribution in [1.29, 1.82) is 0 Å². The van der Waals surface area contributed by atoms with Crippen molar-refractivity contribution < 1.29 is 19.5 Å². The first-order valence-corrected chi connectivity index (χ1v) is 7.75. The number of primary amides is 1. The number of benzene rings is 1. The molecule has 2 aromatic heterocycles. The fourth-order valence-corrected chi connectivity index (χ4v) is 2.00. The molecule has 0 unspecified atom stereocenters. The molecule has 0 saturated carbocycles. The molecule has 136 valence electrons. The van der Waals surface area contributed by atoms with Crippen LogP contribution in [0.3, 0.4) is 0 Å². The van der Waals surface area contributed by atoms with Crippen LogP contribution in [-0.4, -0.2) is 33.0 Å². The van der Waals surface area contributed by atoms with E-state index in [0.717, 1.165) is 0 Å². The van der Waals surface area contributed by atoms with Crippen molar-refractivity contribution in [3.05, 3.63) is 90.5 Å². The monoisotopic (exact) mass is 364 g/mol. The van der Waals surface area contributed by atoms with Gasteiger partial charge < -0.3 is 10.8 Å². The molecule has 3 rings (SSSR count). The van der Waals surface area contributed by atoms with Crippen molar-refractivity contribution in [1.82, 2.24) is 9.97 Å². The van der Waals surface area contributed by atoms with E-state index in [9.17, 15) is 14.4 Å². The van der Waals surface area contributed by atoms with Crippen LogP contribution in [-0.2, 0) is 0 Å². The summed E-state index contributed by atoms with van der Waals surface area (Å²) in [5.74, 6) is -1.16. The molecule has 3 N–H and O–H groups in total. The zero-order valence-electron chi connectivity index (χ0n) is 14.1. The topological polar surface area (TPSA) is 126 Å². The van der Waals surface area contributed by atoms with Gasteiger partial charge in [-0.2, -0.15) is 0 Å². The Morgan fingerprint density at radius 3 is 1.70 bits per heavy atom. The second-order valence-electron chi connectivity index (χ2n) is 5.05. The lowest BCUT2D eigenvalue weighted by Crippen LogP contribution is -2.36. The Hall–Kier alpha value is -4.07. The summed E-state index contributed by atoms with van der Waals surface area (Å²) in [5, 5.41) is 9.14. The lowest BCUT2D eigenvalue weighted by Gasteiger charge is -2.16. The fraction of sp³-hybridized carbons (Fsp3) is 0. The highest BCUT2D eigenvalue weighted by Crippen LogP contribution is 2.16. The van der Waals surface area contributed by atoms with Crippen LogP contribution in [0.1, 0.15) is 21.0 Å². The quantitative estimate of drug-likeness (QED) is 0.735. The molecule has 8 nitrogen and oxygen atoms in total. The number of carbonyl (C=O) groups is 3. The molecule has 0 aliphatic heterocycles. The Morgan fingerprint density at radius 2 is 1.30 bits per heavy atom. The zero-order chi connectivity index (χ0) is 19.6. The number of nitrogens with zero attached hydrogens (tertiary/aromatic N) is 3. The van der Waals surface area contributed by atoms with E-state index in [4.69, 9.17) is 10.8 Å². The minimum atomic E-state index is -1.34. The molecule has 2 heterocycles. The minimum Gasteiger partial charge on any atom is -0.464 e. The number of amides is 3. The number of carboxylic acid groups (broad SMARTS) is 1. The third-order valence-corrected chi connectivity index (χ3v) is 3.21. The molecule has 0 bridgehead atoms. The lowest BCUT2D eigenvalue weighted by atomic mass is 10.2. The van der Waals surface area contributed by atoms with Crippen LogP contribution in [0.25, 0.3) is 0 Å². The number of aromatic nitrogens is 2. The molecule has 0 aliphatic carbocycles. The third kappa shape index (κ3) is 5.46. The molecular formula is C19H16N4O4. The number of para-hydroxylation sites is 1. The molecule has 0 aliphatic rings. The van der Waals surface area contributed by atoms with Gasteiger partial charge >= 0.3 is 6.09 Å². The second-order valence-corrected chi connectivity index (χ2v) is 5.05. The van der Waals surface area contributed by atoms with Gasteiger partial charge in [0.05, 0.1) is 5.69 Å². The van der Waals surface area contributed by atoms with Crippen LogP contribution in [0.5, 0.6) is 0 Å². The molecule has 0 saturated heterocycles. The van der Waals surface area contributed by atoms with E-state index in [0.29, 0.717) is 16.3 Å². The van der Waals surface area contributed by atoms with Crippen LogP contribution in [0.2, 0.25) is 0 Å². The molecule has 8 heteroatoms. The second kappa shape index (κ2) is 9.42. The van der Waals surface area contributed by atoms with Gasteiger partial charge in [0, 0.05) is 12.4 Å². The molecule has 0 radical (unpaired) electrons. The summed E-state index contributed by atoms with van der Waals surface area (Å²) in [6.07, 6.45) is 1.63. The van der Waals surface area contributed by atoms with Crippen molar-refractivity contribution in [3.63, 3.8) is 0 Å². The summed E-state index contributed by atoms with van der Waals surface area (Å²) in [4.78, 5) is 41.8. The maximum absolute atomic E-state index is 12.1. The summed E-state index contributed by atoms with van der Waals surface area (Å²) in [6, 6.07) is 17.9. The van der Waals surface area contributed by atoms with Crippen molar-refractivity contribution in [3.8, 4) is 0 Å². The first-order valence-electron chi connectivity index (χ1n) is 7.75. The van der Waals surface area contributed by atoms with Gasteiger partial charge in [-0.15, -0.1) is 0 Å². The number of pyridine rings is 2. The normalized spacial score (nSPS) is 9.48. The molecule has 0 fully saturated rings. The Labute approximate surface area is 154 Å². The SMILES string of the molecule is NC(=O)c1ccccn1.O=C(O)N(C(=O)c1ccccn1)c1ccccc1. The van der Waals surface area contributed by atoms with Gasteiger partial charge in [0.25, 0.3) is 11.8 Å². The largest absolute Gasteiger partial charge is 0.464 e. The number of nitrogens with two attached hydrogens (primary N) is 1. The Morgan fingerprint density at radius 1 is 0.778 bits per heavy atom. The van der Waals surface area contributed by atoms with E-state index in [2.05, 4.69) is 9.97 Å². The number of imide groups is 1. The van der Waals surface area contributed by atoms with Gasteiger partial charge in [-0.3, -0.25) is 19.6 Å². The van der Waals surface area contributed by atoms with E-state index < -0.39 is 17.9 Å². The van der Waals surface area contributed by atoms with Crippen LogP contribution >= 0.6 is 0 Å². The maximum atomic E-state index is 12.1. The van der Waals surface area contributed by atoms with Crippen LogP contribution in [0.4, 0.5) is 10.5 Å². The first kappa shape index (κ1) is 19.3. The first-order chi connectivity index (χ1) is 13.0. The number of rotatable bonds is 3. The summed E-state index contributed by atoms with van der Waals surface area (Å²) in [6.45, 7) is 0. The summed E-state index contributed by atoms with van der Waals surface area (Å²) >= 11 is 0. The van der Waals surface area contributed by atoms with Gasteiger partial charge in [0.15, 0.2) is 0 Å². The highest BCUT2D eigenvalue weighted by Gasteiger charge is 2.24. The minimum absolute atomic E-state index is 0.0868. The average molecular weight is 364 g/mol. The molecule has 0 spiro atoms. The standard InChI is InChI=1S/C13H10N2O3.C6H6N2O/c16-12(11-8-4-5-9-14-11)15(13(17)18)10-6-2-1-3-7-10;7-6(9)5-3-1-2-4-8-5/h1-9H,(H,17,18);1-4H,(H2,7,9). The predicted molar refractivity (Wildman–Crippen MR) is 98.3 cm³/mol. The molecule has 0 atom stereocenters. The van der Waals surface area contributed by atoms with Crippen molar-refractivity contribution in [2.75, 3.05) is 4.90 Å². The highest BCUT2D eigenvalue weighted by molar-refractivity contribution is 6.17. The Kier molecular flexibility index (Phi) is 6.72. The lowest BCUT2D eigenvalue weighted by molar-refractivity contribution is 0.0974. The molecule has 1 aromatic carbocycles. The molecular weight excluding hydrogens is 348 g/mol. The number of hydrogen-bond donors (Lipinski definition) is 2. The summed E-state index contributed by atoms with van der Waals surface area (Å²) < 4.78 is 0. The third-order valence-electron chi connectivity index (χ3n) is 3.21. The van der Waals surface area contributed by atoms with Crippen molar-refractivity contribution in [2.45, 2.75) is 0 Å². The van der Waals surface area contributed by atoms with Crippen molar-refractivity contribution >= 4 is 23.6 Å². The number of carbonyl (C=O) groups excluding carboxylic acids is 2. The van der Waals surface area contributed by atoms with E-state index in [1.807, 2.05) is 0 Å². The van der Waals surface area contributed by atoms with E-state index >= 15 is 0 Å². The average Bonchev–Trinajstić information content (AvgIpc) is 2.70. The van der Waals surface area contributed by atoms with Gasteiger partial charge in [0.1, 0.15) is 11.4 Å². The molecule has 27 heavy (non-hydrogen) atoms. The van der Waals surface area contributed by atoms with Crippen LogP contribution < -0.4 is 10.6 Å². The molecule has 3 amide bonds. The van der Waals surface area contributed by atoms with Gasteiger partial charge in [-0.05, 0) is 36.4 Å². The van der Waals surface area contributed by atoms with Gasteiger partial charge in [0.2, 0.25) is 0 Å². The van der Waals surface area contributed by atoms with E-state index in [1.54, 1.807) is 60.7 Å². The van der Waals surface area contributed by atoms with Crippen molar-refractivity contribution in [2.24, 2.45) is 5.73 Å². The summed E-state index contributed by atoms with van der Waals surface area (Å²) in [7, 11) is 0. The van der Waals surface area contributed by atoms with Crippen LogP contribution in [0, 0.1) is 0 Å². The number of hydrogen-bond acceptors (Lipinski definition) is 5. The van der Waals surface area contributed by atoms with E-state index in [1.165, 1.54) is 18.5 Å². The maximum Gasteiger partial charge on any atom is 0.419 e. The zero-order valence-corrected chi connectivity index (χ0v) is 14.1.